The summed E-state index contributed by atoms with van der Waals surface area (Å²) in [5.41, 5.74) is 2.52. The zero-order chi connectivity index (χ0) is 13.0. The van der Waals surface area contributed by atoms with Gasteiger partial charge in [-0.1, -0.05) is 31.2 Å². The molecule has 18 heavy (non-hydrogen) atoms. The molecule has 0 radical (unpaired) electrons. The van der Waals surface area contributed by atoms with Gasteiger partial charge in [-0.2, -0.15) is 0 Å². The first kappa shape index (κ1) is 12.5. The van der Waals surface area contributed by atoms with Crippen LogP contribution in [0.15, 0.2) is 48.5 Å². The summed E-state index contributed by atoms with van der Waals surface area (Å²) in [6.07, 6.45) is 0. The monoisotopic (exact) mass is 242 g/mol. The van der Waals surface area contributed by atoms with Gasteiger partial charge < -0.3 is 9.47 Å². The van der Waals surface area contributed by atoms with Crippen LogP contribution in [0.5, 0.6) is 11.5 Å². The molecule has 2 aromatic carbocycles. The maximum atomic E-state index is 5.26. The third-order valence-corrected chi connectivity index (χ3v) is 3.21. The van der Waals surface area contributed by atoms with Crippen LogP contribution in [0.4, 0.5) is 0 Å². The predicted octanol–water partition coefficient (Wildman–Crippen LogP) is 3.86. The van der Waals surface area contributed by atoms with E-state index in [1.165, 1.54) is 11.1 Å². The van der Waals surface area contributed by atoms with Crippen molar-refractivity contribution >= 4 is 0 Å². The largest absolute Gasteiger partial charge is 0.497 e. The minimum atomic E-state index is 0.339. The molecule has 2 nitrogen and oxygen atoms in total. The smallest absolute Gasteiger partial charge is 0.119 e. The highest BCUT2D eigenvalue weighted by Crippen LogP contribution is 2.27. The summed E-state index contributed by atoms with van der Waals surface area (Å²) in [6, 6.07) is 16.4. The topological polar surface area (TPSA) is 18.5 Å². The number of ether oxygens (including phenoxy) is 2. The molecule has 0 aliphatic rings. The predicted molar refractivity (Wildman–Crippen MR) is 73.5 cm³/mol. The second-order valence-corrected chi connectivity index (χ2v) is 4.27. The van der Waals surface area contributed by atoms with Crippen LogP contribution in [0.2, 0.25) is 0 Å². The molecule has 0 aliphatic carbocycles. The first-order chi connectivity index (χ1) is 8.74. The van der Waals surface area contributed by atoms with Crippen molar-refractivity contribution in [2.75, 3.05) is 14.2 Å². The molecule has 0 saturated carbocycles. The van der Waals surface area contributed by atoms with E-state index in [1.807, 2.05) is 24.3 Å². The van der Waals surface area contributed by atoms with E-state index >= 15 is 0 Å². The van der Waals surface area contributed by atoms with E-state index in [-0.39, 0.29) is 0 Å². The Balaban J connectivity index is 2.25. The van der Waals surface area contributed by atoms with Gasteiger partial charge >= 0.3 is 0 Å². The molecule has 1 unspecified atom stereocenters. The van der Waals surface area contributed by atoms with Gasteiger partial charge in [-0.15, -0.1) is 0 Å². The number of hydrogen-bond acceptors (Lipinski definition) is 2. The minimum absolute atomic E-state index is 0.339. The second-order valence-electron chi connectivity index (χ2n) is 4.27. The first-order valence-electron chi connectivity index (χ1n) is 6.02. The van der Waals surface area contributed by atoms with Gasteiger partial charge in [-0.05, 0) is 35.4 Å². The molecule has 0 saturated heterocycles. The summed E-state index contributed by atoms with van der Waals surface area (Å²) >= 11 is 0. The van der Waals surface area contributed by atoms with Crippen LogP contribution in [-0.2, 0) is 0 Å². The summed E-state index contributed by atoms with van der Waals surface area (Å²) in [7, 11) is 3.37. The molecular formula is C16H18O2. The maximum Gasteiger partial charge on any atom is 0.119 e. The van der Waals surface area contributed by atoms with Gasteiger partial charge in [0.2, 0.25) is 0 Å². The minimum Gasteiger partial charge on any atom is -0.497 e. The Kier molecular flexibility index (Phi) is 3.88. The molecular weight excluding hydrogens is 224 g/mol. The fourth-order valence-electron chi connectivity index (χ4n) is 2.00. The van der Waals surface area contributed by atoms with E-state index in [1.54, 1.807) is 14.2 Å². The fourth-order valence-corrected chi connectivity index (χ4v) is 2.00. The van der Waals surface area contributed by atoms with Gasteiger partial charge in [0.25, 0.3) is 0 Å². The number of benzene rings is 2. The van der Waals surface area contributed by atoms with Crippen molar-refractivity contribution < 1.29 is 9.47 Å². The van der Waals surface area contributed by atoms with E-state index in [0.717, 1.165) is 11.5 Å². The van der Waals surface area contributed by atoms with Crippen LogP contribution < -0.4 is 9.47 Å². The van der Waals surface area contributed by atoms with Gasteiger partial charge in [-0.3, -0.25) is 0 Å². The Morgan fingerprint density at radius 3 is 2.06 bits per heavy atom. The molecule has 2 heteroatoms. The van der Waals surface area contributed by atoms with E-state index in [4.69, 9.17) is 9.47 Å². The fraction of sp³-hybridized carbons (Fsp3) is 0.250. The summed E-state index contributed by atoms with van der Waals surface area (Å²) in [6.45, 7) is 2.19. The van der Waals surface area contributed by atoms with Crippen molar-refractivity contribution in [3.05, 3.63) is 59.7 Å². The van der Waals surface area contributed by atoms with Crippen LogP contribution in [0.25, 0.3) is 0 Å². The average molecular weight is 242 g/mol. The molecule has 2 rings (SSSR count). The number of methoxy groups -OCH3 is 2. The Bertz CT molecular complexity index is 503. The molecule has 0 heterocycles. The lowest BCUT2D eigenvalue weighted by Gasteiger charge is -2.14. The van der Waals surface area contributed by atoms with Gasteiger partial charge in [0, 0.05) is 5.92 Å². The lowest BCUT2D eigenvalue weighted by Crippen LogP contribution is -1.96. The van der Waals surface area contributed by atoms with Gasteiger partial charge in [-0.25, -0.2) is 0 Å². The van der Waals surface area contributed by atoms with E-state index < -0.39 is 0 Å². The lowest BCUT2D eigenvalue weighted by atomic mass is 9.93. The molecule has 0 bridgehead atoms. The summed E-state index contributed by atoms with van der Waals surface area (Å²) in [5, 5.41) is 0. The van der Waals surface area contributed by atoms with Crippen molar-refractivity contribution in [1.29, 1.82) is 0 Å². The molecule has 94 valence electrons. The third-order valence-electron chi connectivity index (χ3n) is 3.21. The zero-order valence-corrected chi connectivity index (χ0v) is 11.0. The Labute approximate surface area is 108 Å². The summed E-state index contributed by atoms with van der Waals surface area (Å²) in [4.78, 5) is 0. The molecule has 0 spiro atoms. The van der Waals surface area contributed by atoms with Gasteiger partial charge in [0.15, 0.2) is 0 Å². The van der Waals surface area contributed by atoms with E-state index in [2.05, 4.69) is 31.2 Å². The van der Waals surface area contributed by atoms with Crippen LogP contribution in [-0.4, -0.2) is 14.2 Å². The van der Waals surface area contributed by atoms with Crippen molar-refractivity contribution in [3.8, 4) is 11.5 Å². The average Bonchev–Trinajstić information content (AvgIpc) is 2.46. The molecule has 2 aromatic rings. The van der Waals surface area contributed by atoms with Crippen molar-refractivity contribution in [3.63, 3.8) is 0 Å². The zero-order valence-electron chi connectivity index (χ0n) is 11.0. The molecule has 0 amide bonds. The van der Waals surface area contributed by atoms with Gasteiger partial charge in [0.1, 0.15) is 11.5 Å². The summed E-state index contributed by atoms with van der Waals surface area (Å²) in [5.74, 6) is 2.12. The maximum absolute atomic E-state index is 5.26. The van der Waals surface area contributed by atoms with Crippen LogP contribution >= 0.6 is 0 Å². The standard InChI is InChI=1S/C16H18O2/c1-12(13-7-9-15(17-2)10-8-13)14-5-4-6-16(11-14)18-3/h4-12H,1-3H3. The highest BCUT2D eigenvalue weighted by atomic mass is 16.5. The first-order valence-corrected chi connectivity index (χ1v) is 6.02. The van der Waals surface area contributed by atoms with Crippen molar-refractivity contribution in [2.24, 2.45) is 0 Å². The SMILES string of the molecule is COc1ccc(C(C)c2cccc(OC)c2)cc1. The Morgan fingerprint density at radius 2 is 1.44 bits per heavy atom. The third kappa shape index (κ3) is 2.65. The van der Waals surface area contributed by atoms with E-state index in [0.29, 0.717) is 5.92 Å². The van der Waals surface area contributed by atoms with Crippen LogP contribution in [0.3, 0.4) is 0 Å². The van der Waals surface area contributed by atoms with Crippen molar-refractivity contribution in [1.82, 2.24) is 0 Å². The molecule has 1 atom stereocenters. The second kappa shape index (κ2) is 5.58. The summed E-state index contributed by atoms with van der Waals surface area (Å²) < 4.78 is 10.4. The van der Waals surface area contributed by atoms with Gasteiger partial charge in [0.05, 0.1) is 14.2 Å². The highest BCUT2D eigenvalue weighted by molar-refractivity contribution is 5.38. The number of rotatable bonds is 4. The quantitative estimate of drug-likeness (QED) is 0.810. The molecule has 0 aromatic heterocycles. The Morgan fingerprint density at radius 1 is 0.778 bits per heavy atom. The number of hydrogen-bond donors (Lipinski definition) is 0. The van der Waals surface area contributed by atoms with Crippen molar-refractivity contribution in [2.45, 2.75) is 12.8 Å². The van der Waals surface area contributed by atoms with Crippen LogP contribution in [0, 0.1) is 0 Å². The highest BCUT2D eigenvalue weighted by Gasteiger charge is 2.09. The Hall–Kier alpha value is -1.96. The molecule has 0 fully saturated rings. The normalized spacial score (nSPS) is 11.9. The molecule has 0 aliphatic heterocycles. The molecule has 0 N–H and O–H groups in total. The van der Waals surface area contributed by atoms with Crippen LogP contribution in [0.1, 0.15) is 24.0 Å². The van der Waals surface area contributed by atoms with E-state index in [9.17, 15) is 0 Å². The lowest BCUT2D eigenvalue weighted by molar-refractivity contribution is 0.413.